The van der Waals surface area contributed by atoms with Gasteiger partial charge in [0.25, 0.3) is 0 Å². The Balaban J connectivity index is 1.59. The summed E-state index contributed by atoms with van der Waals surface area (Å²) in [4.78, 5) is 16.7. The maximum atomic E-state index is 12.9. The van der Waals surface area contributed by atoms with Gasteiger partial charge in [-0.2, -0.15) is 4.31 Å². The number of hydrogen-bond donors (Lipinski definition) is 1. The number of imidazole rings is 1. The number of carbonyl (C=O) groups is 1. The molecule has 0 radical (unpaired) electrons. The summed E-state index contributed by atoms with van der Waals surface area (Å²) in [5, 5.41) is 2.87. The summed E-state index contributed by atoms with van der Waals surface area (Å²) in [5.74, 6) is -0.219. The van der Waals surface area contributed by atoms with Crippen LogP contribution in [0.1, 0.15) is 24.8 Å². The second kappa shape index (κ2) is 8.01. The van der Waals surface area contributed by atoms with Crippen LogP contribution in [0, 0.1) is 6.92 Å². The van der Waals surface area contributed by atoms with Gasteiger partial charge in [-0.25, -0.2) is 13.4 Å². The molecule has 0 spiro atoms. The second-order valence-corrected chi connectivity index (χ2v) is 8.42. The molecule has 2 heterocycles. The molecule has 1 saturated heterocycles. The number of rotatable bonds is 7. The van der Waals surface area contributed by atoms with Crippen LogP contribution in [0.15, 0.2) is 47.9 Å². The third kappa shape index (κ3) is 4.13. The molecule has 1 aromatic heterocycles. The zero-order chi connectivity index (χ0) is 18.6. The molecule has 8 heteroatoms. The Bertz CT molecular complexity index is 832. The number of amides is 1. The van der Waals surface area contributed by atoms with E-state index in [4.69, 9.17) is 0 Å². The van der Waals surface area contributed by atoms with Gasteiger partial charge in [0.2, 0.25) is 15.9 Å². The lowest BCUT2D eigenvalue weighted by Crippen LogP contribution is -2.46. The molecule has 3 rings (SSSR count). The van der Waals surface area contributed by atoms with E-state index in [1.54, 1.807) is 36.8 Å². The maximum Gasteiger partial charge on any atom is 0.243 e. The van der Waals surface area contributed by atoms with Crippen LogP contribution in [0.2, 0.25) is 0 Å². The van der Waals surface area contributed by atoms with E-state index < -0.39 is 16.1 Å². The van der Waals surface area contributed by atoms with Crippen molar-refractivity contribution in [2.45, 2.75) is 43.7 Å². The largest absolute Gasteiger partial charge is 0.355 e. The molecule has 1 N–H and O–H groups in total. The van der Waals surface area contributed by atoms with Crippen LogP contribution in [0.25, 0.3) is 0 Å². The first-order valence-electron chi connectivity index (χ1n) is 8.80. The summed E-state index contributed by atoms with van der Waals surface area (Å²) in [6.45, 7) is 3.55. The first-order chi connectivity index (χ1) is 12.5. The van der Waals surface area contributed by atoms with Crippen molar-refractivity contribution in [1.29, 1.82) is 0 Å². The van der Waals surface area contributed by atoms with Crippen molar-refractivity contribution < 1.29 is 13.2 Å². The van der Waals surface area contributed by atoms with Crippen LogP contribution in [-0.4, -0.2) is 47.3 Å². The van der Waals surface area contributed by atoms with Crippen LogP contribution in [0.3, 0.4) is 0 Å². The zero-order valence-electron chi connectivity index (χ0n) is 14.8. The summed E-state index contributed by atoms with van der Waals surface area (Å²) in [6, 6.07) is 6.11. The zero-order valence-corrected chi connectivity index (χ0v) is 15.7. The number of hydrogen-bond acceptors (Lipinski definition) is 4. The number of sulfonamides is 1. The average Bonchev–Trinajstić information content (AvgIpc) is 3.30. The molecule has 0 aliphatic carbocycles. The van der Waals surface area contributed by atoms with E-state index >= 15 is 0 Å². The molecule has 26 heavy (non-hydrogen) atoms. The van der Waals surface area contributed by atoms with E-state index in [1.165, 1.54) is 4.31 Å². The van der Waals surface area contributed by atoms with E-state index in [0.29, 0.717) is 25.9 Å². The third-order valence-electron chi connectivity index (χ3n) is 4.59. The molecule has 1 amide bonds. The van der Waals surface area contributed by atoms with Gasteiger partial charge in [0.15, 0.2) is 0 Å². The molecule has 1 aliphatic heterocycles. The number of aromatic nitrogens is 2. The van der Waals surface area contributed by atoms with E-state index in [0.717, 1.165) is 18.5 Å². The average molecular weight is 376 g/mol. The van der Waals surface area contributed by atoms with Crippen molar-refractivity contribution >= 4 is 15.9 Å². The number of nitrogens with zero attached hydrogens (tertiary/aromatic N) is 3. The number of benzene rings is 1. The van der Waals surface area contributed by atoms with Crippen molar-refractivity contribution in [2.75, 3.05) is 13.1 Å². The summed E-state index contributed by atoms with van der Waals surface area (Å²) in [7, 11) is -3.66. The summed E-state index contributed by atoms with van der Waals surface area (Å²) < 4.78 is 29.0. The number of nitrogens with one attached hydrogen (secondary N) is 1. The number of aryl methyl sites for hydroxylation is 2. The normalized spacial score (nSPS) is 18.1. The van der Waals surface area contributed by atoms with Gasteiger partial charge in [0.1, 0.15) is 6.04 Å². The fourth-order valence-electron chi connectivity index (χ4n) is 3.15. The minimum Gasteiger partial charge on any atom is -0.355 e. The fourth-order valence-corrected chi connectivity index (χ4v) is 4.80. The minimum atomic E-state index is -3.66. The van der Waals surface area contributed by atoms with E-state index in [-0.39, 0.29) is 10.8 Å². The van der Waals surface area contributed by atoms with Crippen molar-refractivity contribution in [3.63, 3.8) is 0 Å². The lowest BCUT2D eigenvalue weighted by molar-refractivity contribution is -0.124. The lowest BCUT2D eigenvalue weighted by Gasteiger charge is -2.23. The monoisotopic (exact) mass is 376 g/mol. The quantitative estimate of drug-likeness (QED) is 0.743. The van der Waals surface area contributed by atoms with Gasteiger partial charge in [-0.3, -0.25) is 4.79 Å². The van der Waals surface area contributed by atoms with Crippen molar-refractivity contribution in [3.05, 3.63) is 48.5 Å². The Labute approximate surface area is 154 Å². The van der Waals surface area contributed by atoms with Crippen molar-refractivity contribution in [2.24, 2.45) is 0 Å². The van der Waals surface area contributed by atoms with E-state index in [9.17, 15) is 13.2 Å². The highest BCUT2D eigenvalue weighted by molar-refractivity contribution is 7.89. The first-order valence-corrected chi connectivity index (χ1v) is 10.2. The predicted octanol–water partition coefficient (Wildman–Crippen LogP) is 1.55. The van der Waals surface area contributed by atoms with Crippen LogP contribution < -0.4 is 5.32 Å². The molecule has 0 saturated carbocycles. The highest BCUT2D eigenvalue weighted by Crippen LogP contribution is 2.26. The Hall–Kier alpha value is -2.19. The Kier molecular flexibility index (Phi) is 5.73. The highest BCUT2D eigenvalue weighted by Gasteiger charge is 2.39. The van der Waals surface area contributed by atoms with E-state index in [2.05, 4.69) is 10.3 Å². The van der Waals surface area contributed by atoms with Crippen LogP contribution >= 0.6 is 0 Å². The molecule has 1 atom stereocenters. The Morgan fingerprint density at radius 1 is 1.31 bits per heavy atom. The maximum absolute atomic E-state index is 12.9. The molecular formula is C18H24N4O3S. The fraction of sp³-hybridized carbons (Fsp3) is 0.444. The first kappa shape index (κ1) is 18.6. The molecule has 140 valence electrons. The molecule has 1 aliphatic rings. The van der Waals surface area contributed by atoms with Crippen molar-refractivity contribution in [3.8, 4) is 0 Å². The number of carbonyl (C=O) groups excluding carboxylic acids is 1. The van der Waals surface area contributed by atoms with E-state index in [1.807, 2.05) is 17.7 Å². The lowest BCUT2D eigenvalue weighted by atomic mass is 10.2. The molecule has 7 nitrogen and oxygen atoms in total. The molecule has 1 fully saturated rings. The summed E-state index contributed by atoms with van der Waals surface area (Å²) in [5.41, 5.74) is 0.998. The predicted molar refractivity (Wildman–Crippen MR) is 97.9 cm³/mol. The molecule has 0 unspecified atom stereocenters. The molecule has 1 aromatic carbocycles. The van der Waals surface area contributed by atoms with Crippen molar-refractivity contribution in [1.82, 2.24) is 19.2 Å². The summed E-state index contributed by atoms with van der Waals surface area (Å²) >= 11 is 0. The van der Waals surface area contributed by atoms with Gasteiger partial charge in [0.05, 0.1) is 11.2 Å². The van der Waals surface area contributed by atoms with Gasteiger partial charge in [-0.15, -0.1) is 0 Å². The highest BCUT2D eigenvalue weighted by atomic mass is 32.2. The van der Waals surface area contributed by atoms with Crippen LogP contribution in [-0.2, 0) is 21.4 Å². The topological polar surface area (TPSA) is 84.3 Å². The molecule has 0 bridgehead atoms. The van der Waals surface area contributed by atoms with Crippen LogP contribution in [0.4, 0.5) is 0 Å². The smallest absolute Gasteiger partial charge is 0.243 e. The second-order valence-electron chi connectivity index (χ2n) is 6.53. The SMILES string of the molecule is Cc1ccc(S(=O)(=O)N2CCC[C@H]2C(=O)NCCCn2ccnc2)cc1. The molecule has 2 aromatic rings. The standard InChI is InChI=1S/C18H24N4O3S/c1-15-5-7-16(8-6-15)26(24,25)22-12-2-4-17(22)18(23)20-9-3-11-21-13-10-19-14-21/h5-8,10,13-14,17H,2-4,9,11-12H2,1H3,(H,20,23)/t17-/m0/s1. The van der Waals surface area contributed by atoms with Crippen LogP contribution in [0.5, 0.6) is 0 Å². The molecular weight excluding hydrogens is 352 g/mol. The van der Waals surface area contributed by atoms with Gasteiger partial charge in [-0.05, 0) is 38.3 Å². The van der Waals surface area contributed by atoms with Gasteiger partial charge >= 0.3 is 0 Å². The Morgan fingerprint density at radius 2 is 2.08 bits per heavy atom. The Morgan fingerprint density at radius 3 is 2.77 bits per heavy atom. The van der Waals surface area contributed by atoms with Gasteiger partial charge in [0, 0.05) is 32.0 Å². The minimum absolute atomic E-state index is 0.219. The van der Waals surface area contributed by atoms with Gasteiger partial charge < -0.3 is 9.88 Å². The van der Waals surface area contributed by atoms with Gasteiger partial charge in [-0.1, -0.05) is 17.7 Å². The third-order valence-corrected chi connectivity index (χ3v) is 6.51. The summed E-state index contributed by atoms with van der Waals surface area (Å²) in [6.07, 6.45) is 7.32.